The summed E-state index contributed by atoms with van der Waals surface area (Å²) >= 11 is 0. The topological polar surface area (TPSA) is 123 Å². The smallest absolute Gasteiger partial charge is 0.340 e. The monoisotopic (exact) mass is 498 g/mol. The number of rotatable bonds is 11. The molecule has 2 fully saturated rings. The van der Waals surface area contributed by atoms with E-state index in [0.717, 1.165) is 18.2 Å². The van der Waals surface area contributed by atoms with E-state index in [1.54, 1.807) is 13.0 Å². The number of carbonyl (C=O) groups is 2. The predicted octanol–water partition coefficient (Wildman–Crippen LogP) is 2.50. The van der Waals surface area contributed by atoms with Crippen LogP contribution in [0.15, 0.2) is 30.4 Å². The summed E-state index contributed by atoms with van der Waals surface area (Å²) in [4.78, 5) is 23.1. The third kappa shape index (κ3) is 7.30. The number of hydrogen-bond donors (Lipinski definition) is 3. The number of halogens is 2. The number of carboxylic acids is 1. The highest BCUT2D eigenvalue weighted by atomic mass is 19.1. The first kappa shape index (κ1) is 27.2. The summed E-state index contributed by atoms with van der Waals surface area (Å²) in [6.45, 7) is 1.70. The van der Waals surface area contributed by atoms with Crippen molar-refractivity contribution in [3.8, 4) is 5.75 Å². The molecule has 1 saturated carbocycles. The molecule has 8 nitrogen and oxygen atoms in total. The Morgan fingerprint density at radius 3 is 2.77 bits per heavy atom. The molecule has 7 atom stereocenters. The molecule has 35 heavy (non-hydrogen) atoms. The third-order valence-corrected chi connectivity index (χ3v) is 6.57. The van der Waals surface area contributed by atoms with Gasteiger partial charge in [0.1, 0.15) is 18.5 Å². The highest BCUT2D eigenvalue weighted by molar-refractivity contribution is 6.01. The first-order chi connectivity index (χ1) is 16.7. The molecule has 2 aliphatic rings. The number of aliphatic carboxylic acids is 1. The molecule has 1 aromatic carbocycles. The Labute approximate surface area is 202 Å². The molecule has 1 unspecified atom stereocenters. The summed E-state index contributed by atoms with van der Waals surface area (Å²) in [6, 6.07) is 2.81. The summed E-state index contributed by atoms with van der Waals surface area (Å²) in [7, 11) is 0. The van der Waals surface area contributed by atoms with Crippen LogP contribution in [-0.4, -0.2) is 71.3 Å². The zero-order chi connectivity index (χ0) is 25.5. The van der Waals surface area contributed by atoms with Crippen molar-refractivity contribution in [2.75, 3.05) is 19.8 Å². The standard InChI is InChI=1S/C25H32F2O8/c1-2-20(29)24(25(31)32)35-12-14-3-6-18-17(21(30)10-22(18)33-11-14)7-5-16(28)13-34-23-9-15(26)4-8-19(23)27/h4-5,7-9,14,16-18,21-22,24,28,30H,2-3,6,10-13H2,1H3,(H,31,32)/b7-5+/t14-,16-,17-,18-,21-,22+,24?/m1/s1. The Balaban J connectivity index is 1.53. The van der Waals surface area contributed by atoms with Crippen molar-refractivity contribution in [3.05, 3.63) is 42.0 Å². The van der Waals surface area contributed by atoms with Crippen molar-refractivity contribution in [3.63, 3.8) is 0 Å². The number of carboxylic acid groups (broad SMARTS) is 1. The number of ketones is 1. The van der Waals surface area contributed by atoms with E-state index in [1.165, 1.54) is 6.08 Å². The second kappa shape index (κ2) is 12.5. The van der Waals surface area contributed by atoms with Gasteiger partial charge in [-0.25, -0.2) is 13.6 Å². The third-order valence-electron chi connectivity index (χ3n) is 6.57. The number of aliphatic hydroxyl groups is 2. The molecule has 1 aromatic rings. The van der Waals surface area contributed by atoms with E-state index in [1.807, 2.05) is 0 Å². The number of carbonyl (C=O) groups excluding carboxylic acids is 1. The molecule has 1 aliphatic carbocycles. The molecule has 0 amide bonds. The van der Waals surface area contributed by atoms with Crippen LogP contribution in [0.2, 0.25) is 0 Å². The maximum absolute atomic E-state index is 13.7. The van der Waals surface area contributed by atoms with Crippen LogP contribution in [0.5, 0.6) is 5.75 Å². The fraction of sp³-hybridized carbons (Fsp3) is 0.600. The molecule has 1 aliphatic heterocycles. The molecule has 0 spiro atoms. The van der Waals surface area contributed by atoms with Crippen molar-refractivity contribution >= 4 is 11.8 Å². The Bertz CT molecular complexity index is 907. The molecule has 1 saturated heterocycles. The number of fused-ring (bicyclic) bond motifs is 1. The van der Waals surface area contributed by atoms with Crippen LogP contribution in [0.4, 0.5) is 8.78 Å². The van der Waals surface area contributed by atoms with Crippen LogP contribution in [0.25, 0.3) is 0 Å². The fourth-order valence-corrected chi connectivity index (χ4v) is 4.64. The van der Waals surface area contributed by atoms with Gasteiger partial charge in [0.05, 0.1) is 25.4 Å². The summed E-state index contributed by atoms with van der Waals surface area (Å²) in [5.41, 5.74) is 0. The second-order valence-electron chi connectivity index (χ2n) is 9.07. The summed E-state index contributed by atoms with van der Waals surface area (Å²) < 4.78 is 43.5. The minimum atomic E-state index is -1.48. The number of hydrogen-bond acceptors (Lipinski definition) is 7. The highest BCUT2D eigenvalue weighted by Gasteiger charge is 2.43. The summed E-state index contributed by atoms with van der Waals surface area (Å²) in [5.74, 6) is -3.87. The quantitative estimate of drug-likeness (QED) is 0.314. The van der Waals surface area contributed by atoms with E-state index in [4.69, 9.17) is 14.2 Å². The zero-order valence-corrected chi connectivity index (χ0v) is 19.5. The van der Waals surface area contributed by atoms with Crippen LogP contribution < -0.4 is 4.74 Å². The van der Waals surface area contributed by atoms with Crippen molar-refractivity contribution in [2.24, 2.45) is 17.8 Å². The van der Waals surface area contributed by atoms with E-state index < -0.39 is 41.7 Å². The molecule has 0 bridgehead atoms. The van der Waals surface area contributed by atoms with Crippen molar-refractivity contribution in [2.45, 2.75) is 57.0 Å². The molecule has 10 heteroatoms. The average molecular weight is 499 g/mol. The number of ether oxygens (including phenoxy) is 3. The molecular weight excluding hydrogens is 466 g/mol. The van der Waals surface area contributed by atoms with Crippen LogP contribution >= 0.6 is 0 Å². The second-order valence-corrected chi connectivity index (χ2v) is 9.07. The van der Waals surface area contributed by atoms with Gasteiger partial charge in [0.15, 0.2) is 17.3 Å². The Hall–Kier alpha value is -2.40. The van der Waals surface area contributed by atoms with Crippen LogP contribution in [0, 0.1) is 29.4 Å². The molecule has 0 aromatic heterocycles. The van der Waals surface area contributed by atoms with Gasteiger partial charge in [-0.1, -0.05) is 19.1 Å². The number of benzene rings is 1. The van der Waals surface area contributed by atoms with Gasteiger partial charge in [0.2, 0.25) is 6.10 Å². The number of Topliss-reactive ketones (excluding diaryl/α,β-unsaturated/α-hetero) is 1. The van der Waals surface area contributed by atoms with E-state index in [2.05, 4.69) is 0 Å². The molecule has 3 rings (SSSR count). The van der Waals surface area contributed by atoms with Gasteiger partial charge in [0, 0.05) is 30.7 Å². The molecule has 1 heterocycles. The highest BCUT2D eigenvalue weighted by Crippen LogP contribution is 2.41. The van der Waals surface area contributed by atoms with Gasteiger partial charge in [0.25, 0.3) is 0 Å². The van der Waals surface area contributed by atoms with Gasteiger partial charge in [-0.3, -0.25) is 4.79 Å². The van der Waals surface area contributed by atoms with Gasteiger partial charge >= 0.3 is 5.97 Å². The average Bonchev–Trinajstić information content (AvgIpc) is 2.98. The molecule has 0 radical (unpaired) electrons. The van der Waals surface area contributed by atoms with Crippen molar-refractivity contribution in [1.82, 2.24) is 0 Å². The van der Waals surface area contributed by atoms with Crippen molar-refractivity contribution in [1.29, 1.82) is 0 Å². The SMILES string of the molecule is CCC(=O)C(OC[C@@H]1CC[C@@H]2[C@@H](/C=C/[C@@H](O)COc3cc(F)ccc3F)[C@H](O)C[C@@H]2OC1)C(=O)O. The van der Waals surface area contributed by atoms with Crippen molar-refractivity contribution < 1.29 is 47.9 Å². The minimum Gasteiger partial charge on any atom is -0.487 e. The Kier molecular flexibility index (Phi) is 9.73. The largest absolute Gasteiger partial charge is 0.487 e. The van der Waals surface area contributed by atoms with Crippen LogP contribution in [0.3, 0.4) is 0 Å². The lowest BCUT2D eigenvalue weighted by molar-refractivity contribution is -0.157. The van der Waals surface area contributed by atoms with E-state index in [9.17, 15) is 33.7 Å². The molecular formula is C25H32F2O8. The van der Waals surface area contributed by atoms with Gasteiger partial charge in [-0.2, -0.15) is 0 Å². The maximum atomic E-state index is 13.7. The Morgan fingerprint density at radius 1 is 1.29 bits per heavy atom. The minimum absolute atomic E-state index is 0.0208. The lowest BCUT2D eigenvalue weighted by Crippen LogP contribution is -2.34. The fourth-order valence-electron chi connectivity index (χ4n) is 4.64. The summed E-state index contributed by atoms with van der Waals surface area (Å²) in [6.07, 6.45) is 1.56. The molecule has 194 valence electrons. The predicted molar refractivity (Wildman–Crippen MR) is 120 cm³/mol. The van der Waals surface area contributed by atoms with Crippen LogP contribution in [0.1, 0.15) is 32.6 Å². The first-order valence-electron chi connectivity index (χ1n) is 11.8. The van der Waals surface area contributed by atoms with E-state index in [-0.39, 0.29) is 49.2 Å². The Morgan fingerprint density at radius 2 is 2.06 bits per heavy atom. The number of aliphatic hydroxyl groups excluding tert-OH is 2. The van der Waals surface area contributed by atoms with Gasteiger partial charge in [-0.15, -0.1) is 0 Å². The molecule has 3 N–H and O–H groups in total. The normalized spacial score (nSPS) is 28.3. The van der Waals surface area contributed by atoms with Gasteiger partial charge in [-0.05, 0) is 30.9 Å². The first-order valence-corrected chi connectivity index (χ1v) is 11.8. The zero-order valence-electron chi connectivity index (χ0n) is 19.5. The van der Waals surface area contributed by atoms with E-state index in [0.29, 0.717) is 25.9 Å². The summed E-state index contributed by atoms with van der Waals surface area (Å²) in [5, 5.41) is 29.9. The maximum Gasteiger partial charge on any atom is 0.340 e. The lowest BCUT2D eigenvalue weighted by atomic mass is 9.87. The lowest BCUT2D eigenvalue weighted by Gasteiger charge is -2.21. The van der Waals surface area contributed by atoms with Crippen LogP contribution in [-0.2, 0) is 19.1 Å². The van der Waals surface area contributed by atoms with E-state index >= 15 is 0 Å². The van der Waals surface area contributed by atoms with Gasteiger partial charge < -0.3 is 29.5 Å².